The summed E-state index contributed by atoms with van der Waals surface area (Å²) in [5.74, 6) is 0.0801. The van der Waals surface area contributed by atoms with Crippen molar-refractivity contribution in [1.29, 1.82) is 0 Å². The van der Waals surface area contributed by atoms with E-state index in [1.807, 2.05) is 6.07 Å². The van der Waals surface area contributed by atoms with Crippen LogP contribution in [0.1, 0.15) is 58.6 Å². The predicted molar refractivity (Wildman–Crippen MR) is 90.2 cm³/mol. The third-order valence-electron chi connectivity index (χ3n) is 4.56. The molecule has 4 heteroatoms. The van der Waals surface area contributed by atoms with E-state index in [0.29, 0.717) is 0 Å². The molecule has 0 unspecified atom stereocenters. The first-order valence-electron chi connectivity index (χ1n) is 8.13. The quantitative estimate of drug-likeness (QED) is 0.812. The lowest BCUT2D eigenvalue weighted by atomic mass is 9.94. The molecular weight excluding hydrogens is 280 g/mol. The van der Waals surface area contributed by atoms with Gasteiger partial charge in [0.05, 0.1) is 4.88 Å². The van der Waals surface area contributed by atoms with Gasteiger partial charge in [0.25, 0.3) is 5.91 Å². The molecule has 21 heavy (non-hydrogen) atoms. The highest BCUT2D eigenvalue weighted by atomic mass is 32.1. The van der Waals surface area contributed by atoms with E-state index in [9.17, 15) is 4.79 Å². The van der Waals surface area contributed by atoms with Crippen LogP contribution in [-0.2, 0) is 0 Å². The maximum absolute atomic E-state index is 12.0. The Bertz CT molecular complexity index is 444. The van der Waals surface area contributed by atoms with E-state index in [4.69, 9.17) is 0 Å². The summed E-state index contributed by atoms with van der Waals surface area (Å²) in [6.45, 7) is 5.97. The van der Waals surface area contributed by atoms with Crippen LogP contribution >= 0.6 is 11.3 Å². The van der Waals surface area contributed by atoms with Gasteiger partial charge < -0.3 is 10.2 Å². The van der Waals surface area contributed by atoms with Crippen LogP contribution in [-0.4, -0.2) is 37.0 Å². The molecule has 1 aliphatic rings. The van der Waals surface area contributed by atoms with E-state index in [2.05, 4.69) is 31.1 Å². The van der Waals surface area contributed by atoms with Gasteiger partial charge in [-0.2, -0.15) is 0 Å². The van der Waals surface area contributed by atoms with Gasteiger partial charge >= 0.3 is 0 Å². The summed E-state index contributed by atoms with van der Waals surface area (Å²) < 4.78 is 0. The first kappa shape index (κ1) is 16.5. The second-order valence-corrected chi connectivity index (χ2v) is 7.49. The molecule has 1 fully saturated rings. The van der Waals surface area contributed by atoms with Crippen LogP contribution in [0, 0.1) is 13.8 Å². The fraction of sp³-hybridized carbons (Fsp3) is 0.706. The lowest BCUT2D eigenvalue weighted by molar-refractivity contribution is 0.0954. The average molecular weight is 308 g/mol. The van der Waals surface area contributed by atoms with Crippen molar-refractivity contribution in [3.63, 3.8) is 0 Å². The van der Waals surface area contributed by atoms with Gasteiger partial charge in [0.1, 0.15) is 0 Å². The minimum Gasteiger partial charge on any atom is -0.351 e. The van der Waals surface area contributed by atoms with Crippen LogP contribution in [0.3, 0.4) is 0 Å². The van der Waals surface area contributed by atoms with Crippen molar-refractivity contribution in [2.24, 2.45) is 0 Å². The van der Waals surface area contributed by atoms with Crippen molar-refractivity contribution in [3.05, 3.63) is 21.4 Å². The smallest absolute Gasteiger partial charge is 0.261 e. The monoisotopic (exact) mass is 308 g/mol. The lowest BCUT2D eigenvalue weighted by Gasteiger charge is -2.31. The summed E-state index contributed by atoms with van der Waals surface area (Å²) in [5.41, 5.74) is 1.21. The summed E-state index contributed by atoms with van der Waals surface area (Å²) in [4.78, 5) is 16.6. The minimum atomic E-state index is 0.0801. The summed E-state index contributed by atoms with van der Waals surface area (Å²) in [7, 11) is 2.23. The Morgan fingerprint density at radius 3 is 2.67 bits per heavy atom. The Morgan fingerprint density at radius 2 is 2.05 bits per heavy atom. The van der Waals surface area contributed by atoms with Crippen molar-refractivity contribution in [3.8, 4) is 0 Å². The van der Waals surface area contributed by atoms with Gasteiger partial charge in [-0.25, -0.2) is 0 Å². The van der Waals surface area contributed by atoms with Gasteiger partial charge in [-0.05, 0) is 58.3 Å². The number of amides is 1. The molecule has 1 aromatic heterocycles. The van der Waals surface area contributed by atoms with E-state index in [0.717, 1.165) is 30.4 Å². The number of aryl methyl sites for hydroxylation is 2. The largest absolute Gasteiger partial charge is 0.351 e. The highest BCUT2D eigenvalue weighted by Crippen LogP contribution is 2.22. The summed E-state index contributed by atoms with van der Waals surface area (Å²) in [5, 5.41) is 3.04. The van der Waals surface area contributed by atoms with Gasteiger partial charge in [0, 0.05) is 17.5 Å². The first-order valence-corrected chi connectivity index (χ1v) is 8.95. The van der Waals surface area contributed by atoms with Crippen molar-refractivity contribution in [2.75, 3.05) is 20.1 Å². The fourth-order valence-corrected chi connectivity index (χ4v) is 3.96. The SMILES string of the molecule is Cc1cc(C(=O)NCCCN(C)C2CCCCC2)sc1C. The highest BCUT2D eigenvalue weighted by molar-refractivity contribution is 7.14. The van der Waals surface area contributed by atoms with Crippen LogP contribution in [0.4, 0.5) is 0 Å². The number of hydrogen-bond donors (Lipinski definition) is 1. The number of carbonyl (C=O) groups is 1. The summed E-state index contributed by atoms with van der Waals surface area (Å²) >= 11 is 1.59. The number of rotatable bonds is 6. The molecule has 1 aliphatic carbocycles. The standard InChI is InChI=1S/C17H28N2OS/c1-13-12-16(21-14(13)2)17(20)18-10-7-11-19(3)15-8-5-4-6-9-15/h12,15H,4-11H2,1-3H3,(H,18,20). The number of carbonyl (C=O) groups excluding carboxylic acids is 1. The van der Waals surface area contributed by atoms with E-state index in [1.165, 1.54) is 42.5 Å². The van der Waals surface area contributed by atoms with Gasteiger partial charge in [-0.1, -0.05) is 19.3 Å². The van der Waals surface area contributed by atoms with Crippen LogP contribution in [0.2, 0.25) is 0 Å². The first-order chi connectivity index (χ1) is 10.1. The van der Waals surface area contributed by atoms with Crippen molar-refractivity contribution < 1.29 is 4.79 Å². The Labute approximate surface area is 132 Å². The Morgan fingerprint density at radius 1 is 1.33 bits per heavy atom. The van der Waals surface area contributed by atoms with Gasteiger partial charge in [-0.3, -0.25) is 4.79 Å². The minimum absolute atomic E-state index is 0.0801. The molecule has 1 aromatic rings. The average Bonchev–Trinajstić information content (AvgIpc) is 2.84. The molecule has 2 rings (SSSR count). The lowest BCUT2D eigenvalue weighted by Crippen LogP contribution is -2.35. The molecule has 1 heterocycles. The topological polar surface area (TPSA) is 32.3 Å². The van der Waals surface area contributed by atoms with E-state index in [1.54, 1.807) is 11.3 Å². The van der Waals surface area contributed by atoms with Crippen LogP contribution in [0.15, 0.2) is 6.07 Å². The molecule has 0 saturated heterocycles. The van der Waals surface area contributed by atoms with Crippen LogP contribution < -0.4 is 5.32 Å². The Kier molecular flexibility index (Phi) is 6.24. The highest BCUT2D eigenvalue weighted by Gasteiger charge is 2.17. The zero-order chi connectivity index (χ0) is 15.2. The van der Waals surface area contributed by atoms with E-state index in [-0.39, 0.29) is 5.91 Å². The molecule has 1 N–H and O–H groups in total. The van der Waals surface area contributed by atoms with Gasteiger partial charge in [0.2, 0.25) is 0 Å². The number of hydrogen-bond acceptors (Lipinski definition) is 3. The van der Waals surface area contributed by atoms with Crippen molar-refractivity contribution in [1.82, 2.24) is 10.2 Å². The third kappa shape index (κ3) is 4.82. The molecule has 0 spiro atoms. The second-order valence-electron chi connectivity index (χ2n) is 6.23. The third-order valence-corrected chi connectivity index (χ3v) is 5.71. The molecule has 0 bridgehead atoms. The van der Waals surface area contributed by atoms with Crippen molar-refractivity contribution >= 4 is 17.2 Å². The van der Waals surface area contributed by atoms with Crippen molar-refractivity contribution in [2.45, 2.75) is 58.4 Å². The molecule has 0 aromatic carbocycles. The molecule has 1 amide bonds. The predicted octanol–water partition coefficient (Wildman–Crippen LogP) is 3.75. The number of nitrogens with zero attached hydrogens (tertiary/aromatic N) is 1. The molecular formula is C17H28N2OS. The van der Waals surface area contributed by atoms with Crippen LogP contribution in [0.25, 0.3) is 0 Å². The van der Waals surface area contributed by atoms with Crippen LogP contribution in [0.5, 0.6) is 0 Å². The molecule has 0 aliphatic heterocycles. The zero-order valence-corrected chi connectivity index (χ0v) is 14.4. The maximum Gasteiger partial charge on any atom is 0.261 e. The second kappa shape index (κ2) is 7.95. The Hall–Kier alpha value is -0.870. The number of thiophene rings is 1. The van der Waals surface area contributed by atoms with E-state index >= 15 is 0 Å². The summed E-state index contributed by atoms with van der Waals surface area (Å²) in [6.07, 6.45) is 7.88. The van der Waals surface area contributed by atoms with Gasteiger partial charge in [-0.15, -0.1) is 11.3 Å². The molecule has 1 saturated carbocycles. The normalized spacial score (nSPS) is 16.4. The molecule has 0 radical (unpaired) electrons. The number of nitrogens with one attached hydrogen (secondary N) is 1. The molecule has 118 valence electrons. The van der Waals surface area contributed by atoms with E-state index < -0.39 is 0 Å². The zero-order valence-electron chi connectivity index (χ0n) is 13.6. The molecule has 0 atom stereocenters. The molecule has 3 nitrogen and oxygen atoms in total. The Balaban J connectivity index is 1.66. The maximum atomic E-state index is 12.0. The summed E-state index contributed by atoms with van der Waals surface area (Å²) in [6, 6.07) is 2.75. The van der Waals surface area contributed by atoms with Gasteiger partial charge in [0.15, 0.2) is 0 Å². The fourth-order valence-electron chi connectivity index (χ4n) is 3.01.